The maximum atomic E-state index is 12.0. The first-order valence-corrected chi connectivity index (χ1v) is 8.02. The molecule has 2 atom stereocenters. The van der Waals surface area contributed by atoms with Gasteiger partial charge in [-0.25, -0.2) is 4.72 Å². The maximum absolute atomic E-state index is 12.0. The molecule has 3 N–H and O–H groups in total. The topological polar surface area (TPSA) is 75.4 Å². The third-order valence-corrected chi connectivity index (χ3v) is 5.24. The van der Waals surface area contributed by atoms with Gasteiger partial charge in [0.05, 0.1) is 0 Å². The highest BCUT2D eigenvalue weighted by molar-refractivity contribution is 7.87. The van der Waals surface area contributed by atoms with Gasteiger partial charge in [-0.2, -0.15) is 12.7 Å². The molecule has 1 aromatic rings. The summed E-state index contributed by atoms with van der Waals surface area (Å²) in [6.07, 6.45) is 0. The van der Waals surface area contributed by atoms with Gasteiger partial charge < -0.3 is 5.73 Å². The van der Waals surface area contributed by atoms with Crippen molar-refractivity contribution in [2.75, 3.05) is 26.2 Å². The molecule has 1 heterocycles. The number of hydrogen-bond acceptors (Lipinski definition) is 3. The Morgan fingerprint density at radius 3 is 2.58 bits per heavy atom. The van der Waals surface area contributed by atoms with E-state index < -0.39 is 10.2 Å². The molecular formula is C13H21N3O2S. The predicted octanol–water partition coefficient (Wildman–Crippen LogP) is 0.515. The average Bonchev–Trinajstić information content (AvgIpc) is 2.84. The molecule has 2 rings (SSSR count). The van der Waals surface area contributed by atoms with Gasteiger partial charge in [-0.3, -0.25) is 0 Å². The Hall–Kier alpha value is -0.950. The Balaban J connectivity index is 2.19. The van der Waals surface area contributed by atoms with Crippen molar-refractivity contribution < 1.29 is 8.42 Å². The van der Waals surface area contributed by atoms with Crippen molar-refractivity contribution >= 4 is 10.2 Å². The molecule has 0 aliphatic carbocycles. The van der Waals surface area contributed by atoms with Crippen LogP contribution in [-0.2, 0) is 10.2 Å². The predicted molar refractivity (Wildman–Crippen MR) is 75.9 cm³/mol. The number of nitrogens with zero attached hydrogens (tertiary/aromatic N) is 1. The van der Waals surface area contributed by atoms with Gasteiger partial charge in [0.2, 0.25) is 0 Å². The first-order chi connectivity index (χ1) is 9.08. The fourth-order valence-corrected chi connectivity index (χ4v) is 3.91. The van der Waals surface area contributed by atoms with E-state index in [0.29, 0.717) is 26.2 Å². The lowest BCUT2D eigenvalue weighted by Gasteiger charge is -2.16. The molecule has 1 aliphatic heterocycles. The van der Waals surface area contributed by atoms with E-state index in [1.165, 1.54) is 4.31 Å². The minimum absolute atomic E-state index is 0.177. The molecule has 1 aromatic carbocycles. The molecular weight excluding hydrogens is 262 g/mol. The molecule has 1 fully saturated rings. The summed E-state index contributed by atoms with van der Waals surface area (Å²) in [5, 5.41) is 0. The highest BCUT2D eigenvalue weighted by Crippen LogP contribution is 2.32. The van der Waals surface area contributed by atoms with Crippen LogP contribution in [0, 0.1) is 5.92 Å². The highest BCUT2D eigenvalue weighted by atomic mass is 32.2. The van der Waals surface area contributed by atoms with E-state index >= 15 is 0 Å². The minimum atomic E-state index is -3.37. The molecule has 1 aliphatic rings. The van der Waals surface area contributed by atoms with Crippen molar-refractivity contribution in [2.45, 2.75) is 12.8 Å². The molecule has 1 saturated heterocycles. The largest absolute Gasteiger partial charge is 0.330 e. The Morgan fingerprint density at radius 1 is 1.32 bits per heavy atom. The fourth-order valence-electron chi connectivity index (χ4n) is 2.62. The summed E-state index contributed by atoms with van der Waals surface area (Å²) in [6.45, 7) is 3.68. The van der Waals surface area contributed by atoms with E-state index in [2.05, 4.69) is 4.72 Å². The van der Waals surface area contributed by atoms with Crippen LogP contribution in [0.4, 0.5) is 0 Å². The third-order valence-electron chi connectivity index (χ3n) is 3.60. The van der Waals surface area contributed by atoms with Crippen LogP contribution in [0.1, 0.15) is 18.4 Å². The second-order valence-corrected chi connectivity index (χ2v) is 6.59. The van der Waals surface area contributed by atoms with Crippen LogP contribution in [0.15, 0.2) is 30.3 Å². The lowest BCUT2D eigenvalue weighted by molar-refractivity contribution is 0.450. The van der Waals surface area contributed by atoms with Crippen molar-refractivity contribution in [3.05, 3.63) is 35.9 Å². The van der Waals surface area contributed by atoms with Crippen molar-refractivity contribution in [3.8, 4) is 0 Å². The number of nitrogens with two attached hydrogens (primary N) is 1. The Bertz CT molecular complexity index is 504. The van der Waals surface area contributed by atoms with E-state index in [4.69, 9.17) is 5.73 Å². The summed E-state index contributed by atoms with van der Waals surface area (Å²) in [7, 11) is -3.37. The van der Waals surface area contributed by atoms with Crippen molar-refractivity contribution in [2.24, 2.45) is 11.7 Å². The van der Waals surface area contributed by atoms with Crippen LogP contribution in [0.25, 0.3) is 0 Å². The van der Waals surface area contributed by atoms with Crippen LogP contribution in [-0.4, -0.2) is 38.9 Å². The van der Waals surface area contributed by atoms with Gasteiger partial charge in [0, 0.05) is 25.6 Å². The molecule has 5 nitrogen and oxygen atoms in total. The average molecular weight is 283 g/mol. The second kappa shape index (κ2) is 6.00. The number of rotatable bonds is 5. The van der Waals surface area contributed by atoms with Crippen molar-refractivity contribution in [1.29, 1.82) is 0 Å². The van der Waals surface area contributed by atoms with E-state index in [9.17, 15) is 8.42 Å². The molecule has 0 unspecified atom stereocenters. The van der Waals surface area contributed by atoms with Gasteiger partial charge >= 0.3 is 0 Å². The van der Waals surface area contributed by atoms with E-state index in [1.807, 2.05) is 30.3 Å². The van der Waals surface area contributed by atoms with Gasteiger partial charge in [-0.1, -0.05) is 37.3 Å². The summed E-state index contributed by atoms with van der Waals surface area (Å²) < 4.78 is 28.1. The minimum Gasteiger partial charge on any atom is -0.330 e. The van der Waals surface area contributed by atoms with Crippen LogP contribution in [0.5, 0.6) is 0 Å². The molecule has 0 amide bonds. The van der Waals surface area contributed by atoms with Gasteiger partial charge in [0.15, 0.2) is 0 Å². The van der Waals surface area contributed by atoms with E-state index in [1.54, 1.807) is 6.92 Å². The number of nitrogens with one attached hydrogen (secondary N) is 1. The summed E-state index contributed by atoms with van der Waals surface area (Å²) in [5.41, 5.74) is 6.96. The summed E-state index contributed by atoms with van der Waals surface area (Å²) in [4.78, 5) is 0. The molecule has 0 spiro atoms. The summed E-state index contributed by atoms with van der Waals surface area (Å²) >= 11 is 0. The Kier molecular flexibility index (Phi) is 4.57. The monoisotopic (exact) mass is 283 g/mol. The second-order valence-electron chi connectivity index (χ2n) is 4.83. The normalized spacial score (nSPS) is 24.7. The van der Waals surface area contributed by atoms with Crippen molar-refractivity contribution in [3.63, 3.8) is 0 Å². The molecule has 6 heteroatoms. The summed E-state index contributed by atoms with van der Waals surface area (Å²) in [6, 6.07) is 9.99. The third kappa shape index (κ3) is 3.14. The fraction of sp³-hybridized carbons (Fsp3) is 0.538. The van der Waals surface area contributed by atoms with Gasteiger partial charge in [0.1, 0.15) is 0 Å². The first kappa shape index (κ1) is 14.5. The zero-order valence-corrected chi connectivity index (χ0v) is 11.9. The Labute approximate surface area is 115 Å². The van der Waals surface area contributed by atoms with Gasteiger partial charge in [-0.15, -0.1) is 0 Å². The zero-order chi connectivity index (χ0) is 13.9. The van der Waals surface area contributed by atoms with Crippen LogP contribution in [0.3, 0.4) is 0 Å². The molecule has 106 valence electrons. The number of benzene rings is 1. The molecule has 19 heavy (non-hydrogen) atoms. The van der Waals surface area contributed by atoms with Crippen LogP contribution < -0.4 is 10.5 Å². The first-order valence-electron chi connectivity index (χ1n) is 6.58. The number of hydrogen-bond donors (Lipinski definition) is 2. The molecule has 0 radical (unpaired) electrons. The quantitative estimate of drug-likeness (QED) is 0.827. The lowest BCUT2D eigenvalue weighted by Crippen LogP contribution is -2.39. The van der Waals surface area contributed by atoms with E-state index in [-0.39, 0.29) is 11.8 Å². The van der Waals surface area contributed by atoms with Crippen LogP contribution >= 0.6 is 0 Å². The van der Waals surface area contributed by atoms with Crippen LogP contribution in [0.2, 0.25) is 0 Å². The molecule has 0 saturated carbocycles. The smallest absolute Gasteiger partial charge is 0.279 e. The Morgan fingerprint density at radius 2 is 2.00 bits per heavy atom. The lowest BCUT2D eigenvalue weighted by atomic mass is 9.89. The highest BCUT2D eigenvalue weighted by Gasteiger charge is 2.38. The SMILES string of the molecule is CCNS(=O)(=O)N1C[C@@H](CN)[C@H](c2ccccc2)C1. The van der Waals surface area contributed by atoms with Crippen molar-refractivity contribution in [1.82, 2.24) is 9.03 Å². The van der Waals surface area contributed by atoms with Gasteiger partial charge in [-0.05, 0) is 18.0 Å². The van der Waals surface area contributed by atoms with E-state index in [0.717, 1.165) is 5.56 Å². The molecule has 0 aromatic heterocycles. The molecule has 0 bridgehead atoms. The summed E-state index contributed by atoms with van der Waals surface area (Å²) in [5.74, 6) is 0.357. The zero-order valence-electron chi connectivity index (χ0n) is 11.1. The van der Waals surface area contributed by atoms with Gasteiger partial charge in [0.25, 0.3) is 10.2 Å². The maximum Gasteiger partial charge on any atom is 0.279 e. The standard InChI is InChI=1S/C13H21N3O2S/c1-2-15-19(17,18)16-9-12(8-14)13(10-16)11-6-4-3-5-7-11/h3-7,12-13,15H,2,8-10,14H2,1H3/t12-,13+/m1/s1.